The van der Waals surface area contributed by atoms with Crippen LogP contribution in [0.5, 0.6) is 0 Å². The molecule has 2 N–H and O–H groups in total. The summed E-state index contributed by atoms with van der Waals surface area (Å²) in [7, 11) is 1.61. The van der Waals surface area contributed by atoms with Gasteiger partial charge in [0.05, 0.1) is 30.5 Å². The Balaban J connectivity index is 1.77. The van der Waals surface area contributed by atoms with E-state index in [1.165, 1.54) is 0 Å². The Morgan fingerprint density at radius 3 is 2.54 bits per heavy atom. The lowest BCUT2D eigenvalue weighted by Crippen LogP contribution is -2.61. The van der Waals surface area contributed by atoms with Gasteiger partial charge in [0.1, 0.15) is 0 Å². The van der Waals surface area contributed by atoms with Gasteiger partial charge in [0.25, 0.3) is 0 Å². The molecule has 1 aliphatic carbocycles. The van der Waals surface area contributed by atoms with Crippen LogP contribution in [0.3, 0.4) is 0 Å². The van der Waals surface area contributed by atoms with Crippen LogP contribution in [-0.4, -0.2) is 66.4 Å². The zero-order valence-electron chi connectivity index (χ0n) is 16.1. The molecule has 0 radical (unpaired) electrons. The molecule has 3 rings (SSSR count). The van der Waals surface area contributed by atoms with E-state index in [4.69, 9.17) is 10.5 Å². The number of hydrogen-bond donors (Lipinski definition) is 1. The van der Waals surface area contributed by atoms with Gasteiger partial charge in [-0.05, 0) is 31.6 Å². The zero-order chi connectivity index (χ0) is 19.1. The highest BCUT2D eigenvalue weighted by atomic mass is 16.5. The summed E-state index contributed by atoms with van der Waals surface area (Å²) in [4.78, 5) is 41.5. The lowest BCUT2D eigenvalue weighted by Gasteiger charge is -2.46. The van der Waals surface area contributed by atoms with Gasteiger partial charge in [-0.1, -0.05) is 20.3 Å². The maximum absolute atomic E-state index is 13.1. The average Bonchev–Trinajstić information content (AvgIpc) is 2.88. The van der Waals surface area contributed by atoms with Gasteiger partial charge in [-0.3, -0.25) is 14.4 Å². The van der Waals surface area contributed by atoms with Crippen molar-refractivity contribution < 1.29 is 19.1 Å². The van der Waals surface area contributed by atoms with Gasteiger partial charge in [0.15, 0.2) is 0 Å². The first kappa shape index (κ1) is 19.1. The number of nitrogens with zero attached hydrogens (tertiary/aromatic N) is 2. The van der Waals surface area contributed by atoms with Crippen LogP contribution in [0, 0.1) is 17.3 Å². The van der Waals surface area contributed by atoms with Crippen LogP contribution >= 0.6 is 0 Å². The van der Waals surface area contributed by atoms with Crippen molar-refractivity contribution in [1.29, 1.82) is 0 Å². The first-order chi connectivity index (χ1) is 12.3. The standard InChI is InChI=1S/C19H31N3O4/c1-12(2)7-15-14(17(20)24)8-13-9-21(10-16(23)22(13)15)18(25)19(11-26-3)5-4-6-19/h12-15H,4-11H2,1-3H3,(H2,20,24)/t13-,14-,15-/m1/s1. The molecule has 7 heteroatoms. The van der Waals surface area contributed by atoms with Crippen LogP contribution in [0.1, 0.15) is 46.0 Å². The molecule has 0 spiro atoms. The van der Waals surface area contributed by atoms with Crippen molar-refractivity contribution in [3.05, 3.63) is 0 Å². The second kappa shape index (κ2) is 7.18. The minimum atomic E-state index is -0.462. The third-order valence-corrected chi connectivity index (χ3v) is 6.34. The predicted molar refractivity (Wildman–Crippen MR) is 95.9 cm³/mol. The molecule has 3 aliphatic rings. The maximum atomic E-state index is 13.1. The summed E-state index contributed by atoms with van der Waals surface area (Å²) in [5.41, 5.74) is 5.16. The Kier molecular flexibility index (Phi) is 5.28. The van der Waals surface area contributed by atoms with E-state index in [-0.39, 0.29) is 42.3 Å². The van der Waals surface area contributed by atoms with Gasteiger partial charge < -0.3 is 20.3 Å². The van der Waals surface area contributed by atoms with E-state index in [0.29, 0.717) is 25.5 Å². The highest BCUT2D eigenvalue weighted by Crippen LogP contribution is 2.44. The first-order valence-electron chi connectivity index (χ1n) is 9.68. The van der Waals surface area contributed by atoms with E-state index in [2.05, 4.69) is 13.8 Å². The first-order valence-corrected chi connectivity index (χ1v) is 9.68. The number of hydrogen-bond acceptors (Lipinski definition) is 4. The van der Waals surface area contributed by atoms with Crippen molar-refractivity contribution in [3.8, 4) is 0 Å². The molecular formula is C19H31N3O4. The molecular weight excluding hydrogens is 334 g/mol. The number of nitrogens with two attached hydrogens (primary N) is 1. The molecule has 0 unspecified atom stereocenters. The molecule has 1 saturated carbocycles. The number of carbonyl (C=O) groups is 3. The van der Waals surface area contributed by atoms with Crippen molar-refractivity contribution in [1.82, 2.24) is 9.80 Å². The van der Waals surface area contributed by atoms with E-state index in [1.807, 2.05) is 4.90 Å². The Hall–Kier alpha value is -1.63. The average molecular weight is 365 g/mol. The van der Waals surface area contributed by atoms with Crippen LogP contribution in [0.25, 0.3) is 0 Å². The molecule has 26 heavy (non-hydrogen) atoms. The van der Waals surface area contributed by atoms with Crippen LogP contribution in [0.4, 0.5) is 0 Å². The molecule has 0 aromatic heterocycles. The van der Waals surface area contributed by atoms with Crippen molar-refractivity contribution in [2.45, 2.75) is 58.0 Å². The molecule has 2 aliphatic heterocycles. The predicted octanol–water partition coefficient (Wildman–Crippen LogP) is 0.762. The van der Waals surface area contributed by atoms with E-state index in [9.17, 15) is 14.4 Å². The molecule has 3 fully saturated rings. The van der Waals surface area contributed by atoms with Gasteiger partial charge in [-0.2, -0.15) is 0 Å². The topological polar surface area (TPSA) is 92.9 Å². The highest BCUT2D eigenvalue weighted by molar-refractivity contribution is 5.91. The van der Waals surface area contributed by atoms with Crippen LogP contribution in [0.2, 0.25) is 0 Å². The van der Waals surface area contributed by atoms with Crippen molar-refractivity contribution >= 4 is 17.7 Å². The number of methoxy groups -OCH3 is 1. The molecule has 7 nitrogen and oxygen atoms in total. The molecule has 0 aromatic carbocycles. The fourth-order valence-electron chi connectivity index (χ4n) is 5.00. The number of ether oxygens (including phenoxy) is 1. The van der Waals surface area contributed by atoms with E-state index >= 15 is 0 Å². The summed E-state index contributed by atoms with van der Waals surface area (Å²) in [6.45, 7) is 5.17. The molecule has 2 saturated heterocycles. The summed E-state index contributed by atoms with van der Waals surface area (Å²) < 4.78 is 5.28. The van der Waals surface area contributed by atoms with Crippen LogP contribution < -0.4 is 5.73 Å². The monoisotopic (exact) mass is 365 g/mol. The number of piperazine rings is 1. The van der Waals surface area contributed by atoms with Gasteiger partial charge in [0.2, 0.25) is 17.7 Å². The second-order valence-corrected chi connectivity index (χ2v) is 8.65. The molecule has 0 aromatic rings. The van der Waals surface area contributed by atoms with Crippen molar-refractivity contribution in [2.75, 3.05) is 26.8 Å². The van der Waals surface area contributed by atoms with Crippen LogP contribution in [-0.2, 0) is 19.1 Å². The number of primary amides is 1. The summed E-state index contributed by atoms with van der Waals surface area (Å²) in [5, 5.41) is 0. The van der Waals surface area contributed by atoms with E-state index in [1.54, 1.807) is 12.0 Å². The SMILES string of the molecule is COCC1(C(=O)N2CC(=O)N3[C@H](C[C@@H](C(N)=O)[C@H]3CC(C)C)C2)CCC1. The maximum Gasteiger partial charge on any atom is 0.242 e. The Morgan fingerprint density at radius 1 is 1.35 bits per heavy atom. The number of amides is 3. The molecule has 146 valence electrons. The van der Waals surface area contributed by atoms with Crippen molar-refractivity contribution in [3.63, 3.8) is 0 Å². The van der Waals surface area contributed by atoms with E-state index < -0.39 is 5.41 Å². The Morgan fingerprint density at radius 2 is 2.04 bits per heavy atom. The zero-order valence-corrected chi connectivity index (χ0v) is 16.1. The summed E-state index contributed by atoms with van der Waals surface area (Å²) in [6.07, 6.45) is 3.97. The summed E-state index contributed by atoms with van der Waals surface area (Å²) in [6, 6.07) is -0.250. The smallest absolute Gasteiger partial charge is 0.242 e. The van der Waals surface area contributed by atoms with Gasteiger partial charge in [0, 0.05) is 19.7 Å². The van der Waals surface area contributed by atoms with E-state index in [0.717, 1.165) is 25.7 Å². The number of rotatable bonds is 6. The van der Waals surface area contributed by atoms with Crippen molar-refractivity contribution in [2.24, 2.45) is 23.0 Å². The molecule has 3 amide bonds. The van der Waals surface area contributed by atoms with Crippen LogP contribution in [0.15, 0.2) is 0 Å². The number of carbonyl (C=O) groups excluding carboxylic acids is 3. The minimum Gasteiger partial charge on any atom is -0.384 e. The quantitative estimate of drug-likeness (QED) is 0.752. The fourth-order valence-corrected chi connectivity index (χ4v) is 5.00. The minimum absolute atomic E-state index is 0.0292. The largest absolute Gasteiger partial charge is 0.384 e. The van der Waals surface area contributed by atoms with Gasteiger partial charge >= 0.3 is 0 Å². The Labute approximate surface area is 155 Å². The highest BCUT2D eigenvalue weighted by Gasteiger charge is 2.53. The van der Waals surface area contributed by atoms with Gasteiger partial charge in [-0.25, -0.2) is 0 Å². The number of fused-ring (bicyclic) bond motifs is 1. The molecule has 2 heterocycles. The molecule has 0 bridgehead atoms. The normalized spacial score (nSPS) is 30.3. The molecule has 3 atom stereocenters. The van der Waals surface area contributed by atoms with Gasteiger partial charge in [-0.15, -0.1) is 0 Å². The Bertz CT molecular complexity index is 587. The fraction of sp³-hybridized carbons (Fsp3) is 0.842. The third kappa shape index (κ3) is 3.21. The lowest BCUT2D eigenvalue weighted by molar-refractivity contribution is -0.161. The summed E-state index contributed by atoms with van der Waals surface area (Å²) >= 11 is 0. The second-order valence-electron chi connectivity index (χ2n) is 8.65. The third-order valence-electron chi connectivity index (χ3n) is 6.34. The lowest BCUT2D eigenvalue weighted by atomic mass is 9.68. The summed E-state index contributed by atoms with van der Waals surface area (Å²) in [5.74, 6) is -0.325.